The van der Waals surface area contributed by atoms with E-state index in [1.54, 1.807) is 12.4 Å². The first-order valence-electron chi connectivity index (χ1n) is 6.67. The van der Waals surface area contributed by atoms with Gasteiger partial charge in [0.2, 0.25) is 0 Å². The molecule has 0 aliphatic heterocycles. The highest BCUT2D eigenvalue weighted by atomic mass is 16.5. The summed E-state index contributed by atoms with van der Waals surface area (Å²) in [7, 11) is 0. The summed E-state index contributed by atoms with van der Waals surface area (Å²) in [6.07, 6.45) is 3.10. The quantitative estimate of drug-likeness (QED) is 0.593. The maximum absolute atomic E-state index is 11.1. The van der Waals surface area contributed by atoms with Crippen LogP contribution in [0.3, 0.4) is 0 Å². The third-order valence-corrected chi connectivity index (χ3v) is 3.60. The van der Waals surface area contributed by atoms with Gasteiger partial charge in [-0.05, 0) is 22.1 Å². The fourth-order valence-electron chi connectivity index (χ4n) is 2.18. The lowest BCUT2D eigenvalue weighted by Gasteiger charge is -2.20. The van der Waals surface area contributed by atoms with Crippen LogP contribution in [0.5, 0.6) is 0 Å². The van der Waals surface area contributed by atoms with E-state index in [0.717, 1.165) is 10.3 Å². The molecular formula is C17H21NO. The molecule has 0 amide bonds. The standard InChI is InChI=1S/C17H21NO/c1-13(15-9-11-18(19)12-10-15)14-5-7-16(8-6-14)17(2,3)4/h5-13H,1-4H3. The fraction of sp³-hybridized carbons (Fsp3) is 0.353. The maximum atomic E-state index is 11.1. The number of hydrogen-bond donors (Lipinski definition) is 0. The molecule has 1 aromatic heterocycles. The molecule has 0 N–H and O–H groups in total. The molecule has 0 bridgehead atoms. The lowest BCUT2D eigenvalue weighted by atomic mass is 9.85. The van der Waals surface area contributed by atoms with Crippen LogP contribution < -0.4 is 4.73 Å². The first kappa shape index (κ1) is 13.6. The number of rotatable bonds is 2. The van der Waals surface area contributed by atoms with Crippen molar-refractivity contribution in [2.75, 3.05) is 0 Å². The normalized spacial score (nSPS) is 13.3. The first-order chi connectivity index (χ1) is 8.88. The number of aromatic nitrogens is 1. The van der Waals surface area contributed by atoms with Crippen LogP contribution >= 0.6 is 0 Å². The molecule has 19 heavy (non-hydrogen) atoms. The van der Waals surface area contributed by atoms with Crippen molar-refractivity contribution < 1.29 is 4.73 Å². The highest BCUT2D eigenvalue weighted by molar-refractivity contribution is 5.34. The van der Waals surface area contributed by atoms with Crippen molar-refractivity contribution in [2.45, 2.75) is 39.0 Å². The highest BCUT2D eigenvalue weighted by Gasteiger charge is 2.14. The van der Waals surface area contributed by atoms with Gasteiger partial charge in [0.15, 0.2) is 12.4 Å². The third kappa shape index (κ3) is 3.14. The van der Waals surface area contributed by atoms with Gasteiger partial charge in [-0.3, -0.25) is 0 Å². The summed E-state index contributed by atoms with van der Waals surface area (Å²) in [6, 6.07) is 12.5. The van der Waals surface area contributed by atoms with Crippen LogP contribution in [0, 0.1) is 5.21 Å². The topological polar surface area (TPSA) is 26.9 Å². The van der Waals surface area contributed by atoms with Crippen molar-refractivity contribution in [1.82, 2.24) is 0 Å². The van der Waals surface area contributed by atoms with Gasteiger partial charge in [0.25, 0.3) is 0 Å². The second-order valence-electron chi connectivity index (χ2n) is 6.09. The smallest absolute Gasteiger partial charge is 0.180 e. The second kappa shape index (κ2) is 5.04. The van der Waals surface area contributed by atoms with Gasteiger partial charge in [-0.2, -0.15) is 4.73 Å². The highest BCUT2D eigenvalue weighted by Crippen LogP contribution is 2.27. The lowest BCUT2D eigenvalue weighted by Crippen LogP contribution is -2.24. The summed E-state index contributed by atoms with van der Waals surface area (Å²) < 4.78 is 0.818. The van der Waals surface area contributed by atoms with E-state index < -0.39 is 0 Å². The van der Waals surface area contributed by atoms with Gasteiger partial charge in [-0.1, -0.05) is 52.0 Å². The molecule has 0 fully saturated rings. The van der Waals surface area contributed by atoms with Gasteiger partial charge in [0, 0.05) is 18.1 Å². The van der Waals surface area contributed by atoms with Crippen LogP contribution in [-0.2, 0) is 5.41 Å². The Bertz CT molecular complexity index is 535. The maximum Gasteiger partial charge on any atom is 0.180 e. The summed E-state index contributed by atoms with van der Waals surface area (Å²) in [5.41, 5.74) is 3.96. The Balaban J connectivity index is 2.25. The van der Waals surface area contributed by atoms with Crippen LogP contribution in [-0.4, -0.2) is 0 Å². The molecule has 0 saturated carbocycles. The molecule has 0 aliphatic rings. The molecule has 1 heterocycles. The first-order valence-corrected chi connectivity index (χ1v) is 6.67. The van der Waals surface area contributed by atoms with Gasteiger partial charge >= 0.3 is 0 Å². The third-order valence-electron chi connectivity index (χ3n) is 3.60. The Labute approximate surface area is 115 Å². The zero-order valence-electron chi connectivity index (χ0n) is 12.1. The van der Waals surface area contributed by atoms with E-state index in [0.29, 0.717) is 5.92 Å². The molecule has 0 aliphatic carbocycles. The summed E-state index contributed by atoms with van der Waals surface area (Å²) in [5.74, 6) is 0.301. The van der Waals surface area contributed by atoms with E-state index in [2.05, 4.69) is 52.0 Å². The predicted molar refractivity (Wildman–Crippen MR) is 78.1 cm³/mol. The van der Waals surface area contributed by atoms with Crippen LogP contribution in [0.4, 0.5) is 0 Å². The molecule has 0 radical (unpaired) electrons. The van der Waals surface area contributed by atoms with Gasteiger partial charge in [0.05, 0.1) is 0 Å². The summed E-state index contributed by atoms with van der Waals surface area (Å²) in [4.78, 5) is 0. The Morgan fingerprint density at radius 2 is 1.37 bits per heavy atom. The zero-order chi connectivity index (χ0) is 14.0. The van der Waals surface area contributed by atoms with Gasteiger partial charge < -0.3 is 5.21 Å². The SMILES string of the molecule is CC(c1ccc(C(C)(C)C)cc1)c1cc[n+]([O-])cc1. The van der Waals surface area contributed by atoms with Crippen molar-refractivity contribution in [3.8, 4) is 0 Å². The molecule has 1 atom stereocenters. The monoisotopic (exact) mass is 255 g/mol. The van der Waals surface area contributed by atoms with Crippen molar-refractivity contribution in [3.63, 3.8) is 0 Å². The molecule has 1 unspecified atom stereocenters. The van der Waals surface area contributed by atoms with E-state index in [4.69, 9.17) is 0 Å². The van der Waals surface area contributed by atoms with Crippen molar-refractivity contribution in [3.05, 3.63) is 70.7 Å². The average molecular weight is 255 g/mol. The Hall–Kier alpha value is -1.83. The van der Waals surface area contributed by atoms with E-state index in [1.165, 1.54) is 11.1 Å². The Morgan fingerprint density at radius 1 is 0.895 bits per heavy atom. The number of hydrogen-bond acceptors (Lipinski definition) is 1. The minimum Gasteiger partial charge on any atom is -0.619 e. The molecule has 100 valence electrons. The predicted octanol–water partition coefficient (Wildman–Crippen LogP) is 3.77. The molecule has 2 nitrogen and oxygen atoms in total. The minimum absolute atomic E-state index is 0.183. The molecule has 2 aromatic rings. The van der Waals surface area contributed by atoms with E-state index in [9.17, 15) is 5.21 Å². The minimum atomic E-state index is 0.183. The van der Waals surface area contributed by atoms with Crippen LogP contribution in [0.15, 0.2) is 48.8 Å². The lowest BCUT2D eigenvalue weighted by molar-refractivity contribution is -0.605. The molecular weight excluding hydrogens is 234 g/mol. The van der Waals surface area contributed by atoms with Gasteiger partial charge in [-0.25, -0.2) is 0 Å². The van der Waals surface area contributed by atoms with Crippen LogP contribution in [0.1, 0.15) is 50.3 Å². The molecule has 1 aromatic carbocycles. The van der Waals surface area contributed by atoms with Gasteiger partial charge in [-0.15, -0.1) is 0 Å². The van der Waals surface area contributed by atoms with E-state index in [-0.39, 0.29) is 5.41 Å². The Morgan fingerprint density at radius 3 is 1.84 bits per heavy atom. The number of nitrogens with zero attached hydrogens (tertiary/aromatic N) is 1. The van der Waals surface area contributed by atoms with E-state index >= 15 is 0 Å². The fourth-order valence-corrected chi connectivity index (χ4v) is 2.18. The number of benzene rings is 1. The summed E-state index contributed by atoms with van der Waals surface area (Å²) >= 11 is 0. The van der Waals surface area contributed by atoms with Gasteiger partial charge in [0.1, 0.15) is 0 Å². The van der Waals surface area contributed by atoms with Crippen LogP contribution in [0.2, 0.25) is 0 Å². The van der Waals surface area contributed by atoms with E-state index in [1.807, 2.05) is 12.1 Å². The average Bonchev–Trinajstić information content (AvgIpc) is 2.38. The molecule has 0 saturated heterocycles. The summed E-state index contributed by atoms with van der Waals surface area (Å²) in [5, 5.41) is 11.1. The largest absolute Gasteiger partial charge is 0.619 e. The summed E-state index contributed by atoms with van der Waals surface area (Å²) in [6.45, 7) is 8.82. The van der Waals surface area contributed by atoms with Crippen molar-refractivity contribution in [1.29, 1.82) is 0 Å². The number of pyridine rings is 1. The zero-order valence-corrected chi connectivity index (χ0v) is 12.1. The van der Waals surface area contributed by atoms with Crippen LogP contribution in [0.25, 0.3) is 0 Å². The molecule has 2 rings (SSSR count). The Kier molecular flexibility index (Phi) is 3.61. The molecule has 2 heteroatoms. The second-order valence-corrected chi connectivity index (χ2v) is 6.09. The molecule has 0 spiro atoms. The van der Waals surface area contributed by atoms with Crippen molar-refractivity contribution >= 4 is 0 Å². The van der Waals surface area contributed by atoms with Crippen molar-refractivity contribution in [2.24, 2.45) is 0 Å².